The number of benzene rings is 1. The molecule has 4 heteroatoms. The van der Waals surface area contributed by atoms with Crippen LogP contribution in [0.25, 0.3) is 11.3 Å². The second-order valence-corrected chi connectivity index (χ2v) is 3.26. The maximum atomic E-state index is 5.75. The van der Waals surface area contributed by atoms with Gasteiger partial charge in [-0.1, -0.05) is 17.3 Å². The van der Waals surface area contributed by atoms with Gasteiger partial charge in [-0.2, -0.15) is 0 Å². The molecule has 0 saturated carbocycles. The molecule has 0 radical (unpaired) electrons. The summed E-state index contributed by atoms with van der Waals surface area (Å²) in [6.45, 7) is 1.97. The number of nitrogens with zero attached hydrogens (tertiary/aromatic N) is 1. The van der Waals surface area contributed by atoms with Crippen molar-refractivity contribution in [3.8, 4) is 17.1 Å². The smallest absolute Gasteiger partial charge is 0.193 e. The molecule has 0 aliphatic rings. The molecule has 2 rings (SSSR count). The summed E-state index contributed by atoms with van der Waals surface area (Å²) in [5.41, 5.74) is 8.17. The van der Waals surface area contributed by atoms with Crippen LogP contribution in [0.15, 0.2) is 28.9 Å². The third kappa shape index (κ3) is 1.54. The maximum absolute atomic E-state index is 5.75. The Hall–Kier alpha value is -1.97. The van der Waals surface area contributed by atoms with Gasteiger partial charge in [0, 0.05) is 0 Å². The van der Waals surface area contributed by atoms with E-state index in [4.69, 9.17) is 15.0 Å². The summed E-state index contributed by atoms with van der Waals surface area (Å²) in [7, 11) is 1.62. The maximum Gasteiger partial charge on any atom is 0.193 e. The fourth-order valence-electron chi connectivity index (χ4n) is 1.54. The number of nitrogens with two attached hydrogens (primary N) is 1. The topological polar surface area (TPSA) is 61.3 Å². The predicted molar refractivity (Wildman–Crippen MR) is 57.6 cm³/mol. The second kappa shape index (κ2) is 3.65. The number of anilines is 1. The molecule has 1 aromatic carbocycles. The first-order valence-electron chi connectivity index (χ1n) is 4.58. The Balaban J connectivity index is 2.66. The minimum atomic E-state index is 0.516. The van der Waals surface area contributed by atoms with E-state index in [0.29, 0.717) is 11.4 Å². The van der Waals surface area contributed by atoms with Crippen LogP contribution in [0.5, 0.6) is 5.75 Å². The summed E-state index contributed by atoms with van der Waals surface area (Å²) < 4.78 is 10.4. The van der Waals surface area contributed by atoms with E-state index in [1.54, 1.807) is 7.11 Å². The zero-order valence-corrected chi connectivity index (χ0v) is 8.65. The van der Waals surface area contributed by atoms with Gasteiger partial charge in [-0.15, -0.1) is 0 Å². The lowest BCUT2D eigenvalue weighted by atomic mass is 10.0. The van der Waals surface area contributed by atoms with Gasteiger partial charge in [-0.3, -0.25) is 0 Å². The van der Waals surface area contributed by atoms with Crippen molar-refractivity contribution >= 4 is 5.69 Å². The van der Waals surface area contributed by atoms with E-state index >= 15 is 0 Å². The third-order valence-electron chi connectivity index (χ3n) is 2.28. The van der Waals surface area contributed by atoms with Crippen LogP contribution < -0.4 is 10.5 Å². The molecular weight excluding hydrogens is 192 g/mol. The van der Waals surface area contributed by atoms with Crippen molar-refractivity contribution < 1.29 is 9.26 Å². The van der Waals surface area contributed by atoms with Crippen LogP contribution in [-0.2, 0) is 0 Å². The average Bonchev–Trinajstić information content (AvgIpc) is 2.64. The van der Waals surface area contributed by atoms with Crippen molar-refractivity contribution in [1.82, 2.24) is 5.16 Å². The molecule has 0 atom stereocenters. The van der Waals surface area contributed by atoms with Gasteiger partial charge in [0.15, 0.2) is 5.76 Å². The zero-order valence-electron chi connectivity index (χ0n) is 8.65. The number of aromatic nitrogens is 1. The SMILES string of the molecule is COc1cccc(C)c1-c1oncc1N. The molecule has 4 nitrogen and oxygen atoms in total. The molecule has 1 aromatic heterocycles. The molecule has 0 saturated heterocycles. The standard InChI is InChI=1S/C11H12N2O2/c1-7-4-3-5-9(14-2)10(7)11-8(12)6-13-15-11/h3-6H,12H2,1-2H3. The Morgan fingerprint density at radius 3 is 2.80 bits per heavy atom. The first kappa shape index (κ1) is 9.58. The lowest BCUT2D eigenvalue weighted by Gasteiger charge is -2.08. The molecular formula is C11H12N2O2. The highest BCUT2D eigenvalue weighted by atomic mass is 16.5. The van der Waals surface area contributed by atoms with Crippen LogP contribution in [0, 0.1) is 6.92 Å². The van der Waals surface area contributed by atoms with E-state index in [9.17, 15) is 0 Å². The van der Waals surface area contributed by atoms with Gasteiger partial charge >= 0.3 is 0 Å². The molecule has 15 heavy (non-hydrogen) atoms. The number of nitrogen functional groups attached to an aromatic ring is 1. The molecule has 0 bridgehead atoms. The summed E-state index contributed by atoms with van der Waals surface area (Å²) >= 11 is 0. The van der Waals surface area contributed by atoms with Crippen LogP contribution in [-0.4, -0.2) is 12.3 Å². The quantitative estimate of drug-likeness (QED) is 0.814. The molecule has 0 spiro atoms. The number of hydrogen-bond donors (Lipinski definition) is 1. The van der Waals surface area contributed by atoms with E-state index < -0.39 is 0 Å². The Morgan fingerprint density at radius 1 is 1.40 bits per heavy atom. The molecule has 0 amide bonds. The number of ether oxygens (including phenoxy) is 1. The van der Waals surface area contributed by atoms with E-state index in [1.807, 2.05) is 25.1 Å². The molecule has 2 aromatic rings. The summed E-state index contributed by atoms with van der Waals surface area (Å²) in [6.07, 6.45) is 1.49. The summed E-state index contributed by atoms with van der Waals surface area (Å²) in [5, 5.41) is 3.66. The molecule has 0 fully saturated rings. The number of aryl methyl sites for hydroxylation is 1. The Morgan fingerprint density at radius 2 is 2.20 bits per heavy atom. The van der Waals surface area contributed by atoms with Gasteiger partial charge in [-0.05, 0) is 18.6 Å². The van der Waals surface area contributed by atoms with Crippen molar-refractivity contribution in [2.45, 2.75) is 6.92 Å². The predicted octanol–water partition coefficient (Wildman–Crippen LogP) is 2.24. The first-order valence-corrected chi connectivity index (χ1v) is 4.58. The lowest BCUT2D eigenvalue weighted by Crippen LogP contribution is -1.92. The van der Waals surface area contributed by atoms with Crippen LogP contribution in [0.1, 0.15) is 5.56 Å². The van der Waals surface area contributed by atoms with Gasteiger partial charge < -0.3 is 15.0 Å². The average molecular weight is 204 g/mol. The summed E-state index contributed by atoms with van der Waals surface area (Å²) in [5.74, 6) is 1.29. The van der Waals surface area contributed by atoms with E-state index in [2.05, 4.69) is 5.16 Å². The van der Waals surface area contributed by atoms with E-state index in [1.165, 1.54) is 6.20 Å². The Labute approximate surface area is 87.6 Å². The molecule has 1 heterocycles. The van der Waals surface area contributed by atoms with Crippen molar-refractivity contribution in [2.75, 3.05) is 12.8 Å². The summed E-state index contributed by atoms with van der Waals surface area (Å²) in [6, 6.07) is 5.76. The molecule has 2 N–H and O–H groups in total. The number of hydrogen-bond acceptors (Lipinski definition) is 4. The minimum Gasteiger partial charge on any atom is -0.496 e. The lowest BCUT2D eigenvalue weighted by molar-refractivity contribution is 0.406. The Bertz CT molecular complexity index is 477. The van der Waals surface area contributed by atoms with E-state index in [-0.39, 0.29) is 0 Å². The van der Waals surface area contributed by atoms with Gasteiger partial charge in [0.25, 0.3) is 0 Å². The normalized spacial score (nSPS) is 10.3. The number of rotatable bonds is 2. The van der Waals surface area contributed by atoms with Crippen molar-refractivity contribution in [3.63, 3.8) is 0 Å². The highest BCUT2D eigenvalue weighted by Crippen LogP contribution is 2.35. The molecule has 0 aliphatic heterocycles. The zero-order chi connectivity index (χ0) is 10.8. The first-order chi connectivity index (χ1) is 7.24. The van der Waals surface area contributed by atoms with Crippen molar-refractivity contribution in [2.24, 2.45) is 0 Å². The fourth-order valence-corrected chi connectivity index (χ4v) is 1.54. The highest BCUT2D eigenvalue weighted by Gasteiger charge is 2.15. The molecule has 0 unspecified atom stereocenters. The molecule has 0 aliphatic carbocycles. The van der Waals surface area contributed by atoms with Crippen LogP contribution in [0.4, 0.5) is 5.69 Å². The van der Waals surface area contributed by atoms with Crippen LogP contribution >= 0.6 is 0 Å². The Kier molecular flexibility index (Phi) is 2.33. The monoisotopic (exact) mass is 204 g/mol. The van der Waals surface area contributed by atoms with Crippen molar-refractivity contribution in [3.05, 3.63) is 30.0 Å². The molecule has 78 valence electrons. The number of methoxy groups -OCH3 is 1. The third-order valence-corrected chi connectivity index (χ3v) is 2.28. The van der Waals surface area contributed by atoms with Gasteiger partial charge in [0.2, 0.25) is 0 Å². The highest BCUT2D eigenvalue weighted by molar-refractivity contribution is 5.77. The van der Waals surface area contributed by atoms with Gasteiger partial charge in [0.1, 0.15) is 11.4 Å². The van der Waals surface area contributed by atoms with E-state index in [0.717, 1.165) is 16.9 Å². The van der Waals surface area contributed by atoms with Crippen LogP contribution in [0.2, 0.25) is 0 Å². The van der Waals surface area contributed by atoms with Crippen molar-refractivity contribution in [1.29, 1.82) is 0 Å². The van der Waals surface area contributed by atoms with Gasteiger partial charge in [-0.25, -0.2) is 0 Å². The minimum absolute atomic E-state index is 0.516. The largest absolute Gasteiger partial charge is 0.496 e. The fraction of sp³-hybridized carbons (Fsp3) is 0.182. The second-order valence-electron chi connectivity index (χ2n) is 3.26. The van der Waals surface area contributed by atoms with Crippen LogP contribution in [0.3, 0.4) is 0 Å². The summed E-state index contributed by atoms with van der Waals surface area (Å²) in [4.78, 5) is 0. The van der Waals surface area contributed by atoms with Gasteiger partial charge in [0.05, 0.1) is 18.9 Å².